The molecule has 0 aromatic heterocycles. The van der Waals surface area contributed by atoms with Crippen LogP contribution in [0.5, 0.6) is 5.75 Å². The topological polar surface area (TPSA) is 61.8 Å². The highest BCUT2D eigenvalue weighted by molar-refractivity contribution is 5.69. The van der Waals surface area contributed by atoms with E-state index in [1.54, 1.807) is 0 Å². The molecule has 1 aliphatic carbocycles. The van der Waals surface area contributed by atoms with Gasteiger partial charge in [-0.15, -0.1) is 6.58 Å². The Morgan fingerprint density at radius 1 is 1.32 bits per heavy atom. The third-order valence-electron chi connectivity index (χ3n) is 5.37. The molecule has 1 aliphatic heterocycles. The zero-order valence-electron chi connectivity index (χ0n) is 17.4. The lowest BCUT2D eigenvalue weighted by Crippen LogP contribution is -2.23. The monoisotopic (exact) mass is 388 g/mol. The minimum atomic E-state index is -0.249. The number of rotatable bonds is 7. The zero-order valence-corrected chi connectivity index (χ0v) is 17.4. The minimum Gasteiger partial charge on any atom is -0.489 e. The van der Waals surface area contributed by atoms with E-state index in [2.05, 4.69) is 18.7 Å². The van der Waals surface area contributed by atoms with Crippen molar-refractivity contribution in [3.8, 4) is 5.75 Å². The third kappa shape index (κ3) is 4.75. The maximum atomic E-state index is 11.4. The van der Waals surface area contributed by atoms with Gasteiger partial charge in [0.15, 0.2) is 0 Å². The molecular weight excluding hydrogens is 356 g/mol. The average molecular weight is 389 g/mol. The molecule has 1 aromatic rings. The zero-order chi connectivity index (χ0) is 20.7. The molecule has 3 unspecified atom stereocenters. The van der Waals surface area contributed by atoms with Crippen LogP contribution in [0.2, 0.25) is 0 Å². The van der Waals surface area contributed by atoms with E-state index in [-0.39, 0.29) is 36.0 Å². The van der Waals surface area contributed by atoms with Crippen molar-refractivity contribution in [1.29, 1.82) is 0 Å². The van der Waals surface area contributed by atoms with Crippen LogP contribution in [-0.4, -0.2) is 31.3 Å². The van der Waals surface area contributed by atoms with Gasteiger partial charge in [-0.05, 0) is 24.8 Å². The molecule has 0 bridgehead atoms. The van der Waals surface area contributed by atoms with Crippen LogP contribution in [-0.2, 0) is 25.5 Å². The van der Waals surface area contributed by atoms with Gasteiger partial charge in [-0.25, -0.2) is 0 Å². The van der Waals surface area contributed by atoms with Gasteiger partial charge in [0.25, 0.3) is 0 Å². The van der Waals surface area contributed by atoms with Gasteiger partial charge >= 0.3 is 11.9 Å². The normalized spacial score (nSPS) is 24.1. The summed E-state index contributed by atoms with van der Waals surface area (Å²) in [6.07, 6.45) is 5.19. The van der Waals surface area contributed by atoms with Crippen LogP contribution in [0.3, 0.4) is 0 Å². The van der Waals surface area contributed by atoms with E-state index in [1.165, 1.54) is 19.6 Å². The van der Waals surface area contributed by atoms with Crippen LogP contribution in [0.1, 0.15) is 63.5 Å². The molecule has 1 saturated carbocycles. The van der Waals surface area contributed by atoms with Crippen molar-refractivity contribution in [2.24, 2.45) is 5.92 Å². The molecule has 0 N–H and O–H groups in total. The van der Waals surface area contributed by atoms with Gasteiger partial charge in [-0.2, -0.15) is 0 Å². The number of esters is 2. The number of hydrogen-bond donors (Lipinski definition) is 0. The molecule has 0 amide bonds. The van der Waals surface area contributed by atoms with Crippen molar-refractivity contribution in [2.75, 3.05) is 7.11 Å². The number of hydrogen-bond acceptors (Lipinski definition) is 5. The van der Waals surface area contributed by atoms with Gasteiger partial charge in [0.1, 0.15) is 18.0 Å². The fourth-order valence-corrected chi connectivity index (χ4v) is 4.33. The SMILES string of the molecule is C=CCC1C2c3cccc(CCCC(=O)OC)c3OC2C[C@H]1OC(C)=O.CC. The van der Waals surface area contributed by atoms with Crippen LogP contribution in [0.4, 0.5) is 0 Å². The van der Waals surface area contributed by atoms with Gasteiger partial charge in [-0.3, -0.25) is 9.59 Å². The molecule has 0 radical (unpaired) electrons. The van der Waals surface area contributed by atoms with Crippen LogP contribution >= 0.6 is 0 Å². The summed E-state index contributed by atoms with van der Waals surface area (Å²) in [5, 5.41) is 0. The first-order valence-corrected chi connectivity index (χ1v) is 10.2. The fraction of sp³-hybridized carbons (Fsp3) is 0.565. The predicted molar refractivity (Wildman–Crippen MR) is 108 cm³/mol. The standard InChI is InChI=1S/C21H26O5.C2H6/c1-4-7-15-17(25-13(2)22)12-18-20(15)16-10-5-8-14(21(16)26-18)9-6-11-19(23)24-3;1-2/h4-5,8,10,15,17-18,20H,1,6-7,9,11-12H2,2-3H3;1-2H3/t15?,17-,18?,20?;/m1./s1. The van der Waals surface area contributed by atoms with Gasteiger partial charge in [0, 0.05) is 37.2 Å². The Hall–Kier alpha value is -2.30. The third-order valence-corrected chi connectivity index (χ3v) is 5.37. The average Bonchev–Trinajstić information content (AvgIpc) is 3.20. The van der Waals surface area contributed by atoms with E-state index in [4.69, 9.17) is 14.2 Å². The molecule has 1 aromatic carbocycles. The molecule has 4 atom stereocenters. The summed E-state index contributed by atoms with van der Waals surface area (Å²) in [4.78, 5) is 22.8. The summed E-state index contributed by atoms with van der Waals surface area (Å²) in [5.74, 6) is 0.912. The van der Waals surface area contributed by atoms with E-state index in [0.717, 1.165) is 30.6 Å². The van der Waals surface area contributed by atoms with Gasteiger partial charge in [0.05, 0.1) is 7.11 Å². The maximum absolute atomic E-state index is 11.4. The first-order chi connectivity index (χ1) is 13.5. The van der Waals surface area contributed by atoms with Crippen molar-refractivity contribution in [3.63, 3.8) is 0 Å². The lowest BCUT2D eigenvalue weighted by molar-refractivity contribution is -0.148. The second kappa shape index (κ2) is 10.3. The molecule has 2 aliphatic rings. The maximum Gasteiger partial charge on any atom is 0.305 e. The Bertz CT molecular complexity index is 696. The summed E-state index contributed by atoms with van der Waals surface area (Å²) < 4.78 is 16.5. The van der Waals surface area contributed by atoms with Crippen molar-refractivity contribution >= 4 is 11.9 Å². The summed E-state index contributed by atoms with van der Waals surface area (Å²) in [7, 11) is 1.41. The van der Waals surface area contributed by atoms with E-state index in [9.17, 15) is 9.59 Å². The van der Waals surface area contributed by atoms with Crippen LogP contribution in [0.15, 0.2) is 30.9 Å². The lowest BCUT2D eigenvalue weighted by Gasteiger charge is -2.22. The number of allylic oxidation sites excluding steroid dienone is 1. The number of methoxy groups -OCH3 is 1. The molecule has 0 spiro atoms. The second-order valence-corrected chi connectivity index (χ2v) is 7.02. The molecule has 5 nitrogen and oxygen atoms in total. The molecule has 154 valence electrons. The van der Waals surface area contributed by atoms with E-state index in [1.807, 2.05) is 26.0 Å². The highest BCUT2D eigenvalue weighted by atomic mass is 16.5. The van der Waals surface area contributed by atoms with Crippen LogP contribution in [0.25, 0.3) is 0 Å². The number of aryl methyl sites for hydroxylation is 1. The highest BCUT2D eigenvalue weighted by Gasteiger charge is 2.51. The number of carbonyl (C=O) groups is 2. The van der Waals surface area contributed by atoms with Gasteiger partial charge in [-0.1, -0.05) is 38.1 Å². The lowest BCUT2D eigenvalue weighted by atomic mass is 9.85. The van der Waals surface area contributed by atoms with Crippen LogP contribution < -0.4 is 4.74 Å². The van der Waals surface area contributed by atoms with Crippen LogP contribution in [0, 0.1) is 5.92 Å². The van der Waals surface area contributed by atoms with Crippen molar-refractivity contribution in [1.82, 2.24) is 0 Å². The number of carbonyl (C=O) groups excluding carboxylic acids is 2. The van der Waals surface area contributed by atoms with Crippen molar-refractivity contribution < 1.29 is 23.8 Å². The summed E-state index contributed by atoms with van der Waals surface area (Å²) in [6, 6.07) is 6.21. The molecule has 28 heavy (non-hydrogen) atoms. The van der Waals surface area contributed by atoms with Gasteiger partial charge in [0.2, 0.25) is 0 Å². The van der Waals surface area contributed by atoms with E-state index in [0.29, 0.717) is 12.8 Å². The number of benzene rings is 1. The second-order valence-electron chi connectivity index (χ2n) is 7.02. The quantitative estimate of drug-likeness (QED) is 0.505. The van der Waals surface area contributed by atoms with E-state index < -0.39 is 0 Å². The van der Waals surface area contributed by atoms with Gasteiger partial charge < -0.3 is 14.2 Å². The molecule has 1 heterocycles. The summed E-state index contributed by atoms with van der Waals surface area (Å²) >= 11 is 0. The summed E-state index contributed by atoms with van der Waals surface area (Å²) in [5.41, 5.74) is 2.31. The smallest absolute Gasteiger partial charge is 0.305 e. The Balaban J connectivity index is 0.00000136. The molecule has 5 heteroatoms. The summed E-state index contributed by atoms with van der Waals surface area (Å²) in [6.45, 7) is 9.32. The molecule has 0 saturated heterocycles. The highest BCUT2D eigenvalue weighted by Crippen LogP contribution is 2.53. The Morgan fingerprint density at radius 3 is 2.71 bits per heavy atom. The molecule has 3 rings (SSSR count). The Kier molecular flexibility index (Phi) is 8.09. The van der Waals surface area contributed by atoms with Crippen molar-refractivity contribution in [3.05, 3.63) is 42.0 Å². The Labute approximate surface area is 168 Å². The number of para-hydroxylation sites is 1. The molecular formula is C23H32O5. The number of fused-ring (bicyclic) bond motifs is 3. The van der Waals surface area contributed by atoms with Crippen molar-refractivity contribution in [2.45, 2.75) is 71.0 Å². The largest absolute Gasteiger partial charge is 0.489 e. The van der Waals surface area contributed by atoms with E-state index >= 15 is 0 Å². The first kappa shape index (κ1) is 22.0. The Morgan fingerprint density at radius 2 is 2.07 bits per heavy atom. The fourth-order valence-electron chi connectivity index (χ4n) is 4.33. The predicted octanol–water partition coefficient (Wildman–Crippen LogP) is 4.58. The minimum absolute atomic E-state index is 0.0288. The molecule has 1 fully saturated rings. The first-order valence-electron chi connectivity index (χ1n) is 10.2. The number of ether oxygens (including phenoxy) is 3.